The zero-order valence-corrected chi connectivity index (χ0v) is 9.67. The van der Waals surface area contributed by atoms with E-state index in [2.05, 4.69) is 5.32 Å². The summed E-state index contributed by atoms with van der Waals surface area (Å²) >= 11 is 0. The average molecular weight is 222 g/mol. The van der Waals surface area contributed by atoms with Crippen LogP contribution in [0.3, 0.4) is 0 Å². The standard InChI is InChI=1S/C13H19FN2/c1-9-5-6-13(12(14)7-9)16-11-4-2-3-10(15)8-11/h5-7,10-11,16H,2-4,8,15H2,1H3. The molecule has 1 saturated carbocycles. The second-order valence-electron chi connectivity index (χ2n) is 4.75. The highest BCUT2D eigenvalue weighted by molar-refractivity contribution is 5.47. The molecule has 0 aliphatic heterocycles. The van der Waals surface area contributed by atoms with Crippen LogP contribution in [0.15, 0.2) is 18.2 Å². The van der Waals surface area contributed by atoms with Crippen LogP contribution in [0.1, 0.15) is 31.2 Å². The van der Waals surface area contributed by atoms with Crippen molar-refractivity contribution < 1.29 is 4.39 Å². The van der Waals surface area contributed by atoms with Crippen molar-refractivity contribution in [3.05, 3.63) is 29.6 Å². The Morgan fingerprint density at radius 3 is 2.88 bits per heavy atom. The number of hydrogen-bond donors (Lipinski definition) is 2. The van der Waals surface area contributed by atoms with E-state index in [0.29, 0.717) is 11.7 Å². The Labute approximate surface area is 96.0 Å². The van der Waals surface area contributed by atoms with Gasteiger partial charge in [-0.1, -0.05) is 6.07 Å². The minimum Gasteiger partial charge on any atom is -0.380 e. The molecule has 2 atom stereocenters. The van der Waals surface area contributed by atoms with E-state index in [1.54, 1.807) is 6.07 Å². The molecular weight excluding hydrogens is 203 g/mol. The van der Waals surface area contributed by atoms with Crippen molar-refractivity contribution in [1.82, 2.24) is 0 Å². The number of benzene rings is 1. The molecule has 0 radical (unpaired) electrons. The van der Waals surface area contributed by atoms with E-state index >= 15 is 0 Å². The molecule has 2 unspecified atom stereocenters. The van der Waals surface area contributed by atoms with Gasteiger partial charge in [0.05, 0.1) is 5.69 Å². The van der Waals surface area contributed by atoms with Crippen LogP contribution in [0.4, 0.5) is 10.1 Å². The number of halogens is 1. The van der Waals surface area contributed by atoms with Crippen molar-refractivity contribution in [3.63, 3.8) is 0 Å². The molecule has 16 heavy (non-hydrogen) atoms. The predicted octanol–water partition coefficient (Wildman–Crippen LogP) is 2.82. The van der Waals surface area contributed by atoms with Gasteiger partial charge in [-0.3, -0.25) is 0 Å². The molecule has 1 aromatic rings. The molecule has 3 N–H and O–H groups in total. The molecule has 0 saturated heterocycles. The Bertz CT molecular complexity index is 365. The molecule has 1 aliphatic carbocycles. The molecule has 0 heterocycles. The lowest BCUT2D eigenvalue weighted by Crippen LogP contribution is -2.35. The zero-order valence-electron chi connectivity index (χ0n) is 9.67. The Balaban J connectivity index is 2.02. The minimum atomic E-state index is -0.167. The lowest BCUT2D eigenvalue weighted by atomic mass is 9.91. The monoisotopic (exact) mass is 222 g/mol. The minimum absolute atomic E-state index is 0.167. The van der Waals surface area contributed by atoms with Gasteiger partial charge < -0.3 is 11.1 Å². The first-order chi connectivity index (χ1) is 7.65. The lowest BCUT2D eigenvalue weighted by Gasteiger charge is -2.28. The van der Waals surface area contributed by atoms with E-state index in [4.69, 9.17) is 5.73 Å². The summed E-state index contributed by atoms with van der Waals surface area (Å²) in [5.74, 6) is -0.167. The van der Waals surface area contributed by atoms with Gasteiger partial charge in [0.25, 0.3) is 0 Å². The molecule has 0 spiro atoms. The summed E-state index contributed by atoms with van der Waals surface area (Å²) in [6.07, 6.45) is 4.25. The number of hydrogen-bond acceptors (Lipinski definition) is 2. The summed E-state index contributed by atoms with van der Waals surface area (Å²) in [6.45, 7) is 1.89. The van der Waals surface area contributed by atoms with Crippen molar-refractivity contribution in [2.45, 2.75) is 44.7 Å². The van der Waals surface area contributed by atoms with Crippen molar-refractivity contribution in [2.75, 3.05) is 5.32 Å². The first kappa shape index (κ1) is 11.4. The second kappa shape index (κ2) is 4.83. The van der Waals surface area contributed by atoms with Crippen LogP contribution in [-0.2, 0) is 0 Å². The number of rotatable bonds is 2. The van der Waals surface area contributed by atoms with E-state index in [9.17, 15) is 4.39 Å². The first-order valence-electron chi connectivity index (χ1n) is 5.93. The van der Waals surface area contributed by atoms with Gasteiger partial charge in [-0.25, -0.2) is 4.39 Å². The van der Waals surface area contributed by atoms with Gasteiger partial charge in [0.1, 0.15) is 5.82 Å². The highest BCUT2D eigenvalue weighted by Crippen LogP contribution is 2.23. The largest absolute Gasteiger partial charge is 0.380 e. The van der Waals surface area contributed by atoms with Gasteiger partial charge in [-0.15, -0.1) is 0 Å². The maximum absolute atomic E-state index is 13.6. The summed E-state index contributed by atoms with van der Waals surface area (Å²) in [5.41, 5.74) is 7.46. The van der Waals surface area contributed by atoms with Gasteiger partial charge in [0, 0.05) is 12.1 Å². The third-order valence-corrected chi connectivity index (χ3v) is 3.20. The molecule has 2 nitrogen and oxygen atoms in total. The van der Waals surface area contributed by atoms with Crippen LogP contribution >= 0.6 is 0 Å². The smallest absolute Gasteiger partial charge is 0.146 e. The Hall–Kier alpha value is -1.09. The van der Waals surface area contributed by atoms with E-state index in [0.717, 1.165) is 31.2 Å². The summed E-state index contributed by atoms with van der Waals surface area (Å²) in [6, 6.07) is 5.88. The average Bonchev–Trinajstić information content (AvgIpc) is 2.22. The number of anilines is 1. The second-order valence-corrected chi connectivity index (χ2v) is 4.75. The fourth-order valence-electron chi connectivity index (χ4n) is 2.32. The van der Waals surface area contributed by atoms with Gasteiger partial charge in [0.2, 0.25) is 0 Å². The third-order valence-electron chi connectivity index (χ3n) is 3.20. The molecule has 1 aliphatic rings. The number of nitrogens with one attached hydrogen (secondary N) is 1. The summed E-state index contributed by atoms with van der Waals surface area (Å²) in [4.78, 5) is 0. The van der Waals surface area contributed by atoms with E-state index < -0.39 is 0 Å². The molecule has 1 fully saturated rings. The van der Waals surface area contributed by atoms with Gasteiger partial charge in [-0.05, 0) is 50.3 Å². The van der Waals surface area contributed by atoms with E-state index in [1.165, 1.54) is 0 Å². The third kappa shape index (κ3) is 2.73. The van der Waals surface area contributed by atoms with Gasteiger partial charge in [0.15, 0.2) is 0 Å². The molecule has 0 aromatic heterocycles. The fourth-order valence-corrected chi connectivity index (χ4v) is 2.32. The van der Waals surface area contributed by atoms with Gasteiger partial charge >= 0.3 is 0 Å². The summed E-state index contributed by atoms with van der Waals surface area (Å²) in [5, 5.41) is 3.25. The maximum atomic E-state index is 13.6. The van der Waals surface area contributed by atoms with Crippen molar-refractivity contribution >= 4 is 5.69 Å². The van der Waals surface area contributed by atoms with E-state index in [1.807, 2.05) is 19.1 Å². The normalized spacial score (nSPS) is 25.4. The predicted molar refractivity (Wildman–Crippen MR) is 65.0 cm³/mol. The highest BCUT2D eigenvalue weighted by atomic mass is 19.1. The van der Waals surface area contributed by atoms with Crippen molar-refractivity contribution in [2.24, 2.45) is 5.73 Å². The Kier molecular flexibility index (Phi) is 3.44. The van der Waals surface area contributed by atoms with Crippen LogP contribution in [-0.4, -0.2) is 12.1 Å². The Morgan fingerprint density at radius 1 is 1.38 bits per heavy atom. The molecular formula is C13H19FN2. The van der Waals surface area contributed by atoms with Crippen LogP contribution in [0.5, 0.6) is 0 Å². The summed E-state index contributed by atoms with van der Waals surface area (Å²) < 4.78 is 13.6. The molecule has 3 heteroatoms. The maximum Gasteiger partial charge on any atom is 0.146 e. The topological polar surface area (TPSA) is 38.0 Å². The highest BCUT2D eigenvalue weighted by Gasteiger charge is 2.19. The molecule has 1 aromatic carbocycles. The molecule has 0 bridgehead atoms. The fraction of sp³-hybridized carbons (Fsp3) is 0.538. The first-order valence-corrected chi connectivity index (χ1v) is 5.93. The zero-order chi connectivity index (χ0) is 11.5. The van der Waals surface area contributed by atoms with Crippen LogP contribution < -0.4 is 11.1 Å². The van der Waals surface area contributed by atoms with Crippen LogP contribution in [0.25, 0.3) is 0 Å². The molecule has 2 rings (SSSR count). The molecule has 0 amide bonds. The quantitative estimate of drug-likeness (QED) is 0.807. The van der Waals surface area contributed by atoms with Crippen LogP contribution in [0, 0.1) is 12.7 Å². The van der Waals surface area contributed by atoms with Crippen LogP contribution in [0.2, 0.25) is 0 Å². The summed E-state index contributed by atoms with van der Waals surface area (Å²) in [7, 11) is 0. The number of aryl methyl sites for hydroxylation is 1. The number of nitrogens with two attached hydrogens (primary N) is 1. The Morgan fingerprint density at radius 2 is 2.19 bits per heavy atom. The lowest BCUT2D eigenvalue weighted by molar-refractivity contribution is 0.408. The van der Waals surface area contributed by atoms with E-state index in [-0.39, 0.29) is 11.9 Å². The van der Waals surface area contributed by atoms with Crippen molar-refractivity contribution in [1.29, 1.82) is 0 Å². The van der Waals surface area contributed by atoms with Gasteiger partial charge in [-0.2, -0.15) is 0 Å². The molecule has 88 valence electrons. The SMILES string of the molecule is Cc1ccc(NC2CCCC(N)C2)c(F)c1. The van der Waals surface area contributed by atoms with Crippen molar-refractivity contribution in [3.8, 4) is 0 Å².